The standard InChI is InChI=1S/C24H22N4O7S3/c1-12-26-27-24(38-12)37-11-13-10-36-22-18(21(30)28(22)19(13)23(31)32)25-20(29)17-8-7-16(35-17)9-34-15-5-3-14(33-2)4-6-15/h3-8,18,22H,9-11H2,1-2H3,(H,25,29)(H,31,32)/t18-,22+/m0/s1. The molecule has 198 valence electrons. The molecule has 1 aromatic carbocycles. The molecule has 0 unspecified atom stereocenters. The fraction of sp³-hybridized carbons (Fsp3) is 0.292. The molecular formula is C24H22N4O7S3. The second-order valence-electron chi connectivity index (χ2n) is 8.22. The highest BCUT2D eigenvalue weighted by Crippen LogP contribution is 2.42. The summed E-state index contributed by atoms with van der Waals surface area (Å²) in [6.45, 7) is 1.95. The normalized spacial score (nSPS) is 18.6. The predicted molar refractivity (Wildman–Crippen MR) is 140 cm³/mol. The number of hydrogen-bond donors (Lipinski definition) is 2. The molecule has 2 amide bonds. The number of rotatable bonds is 10. The van der Waals surface area contributed by atoms with Crippen LogP contribution in [0.1, 0.15) is 21.3 Å². The maximum absolute atomic E-state index is 12.9. The van der Waals surface area contributed by atoms with Crippen LogP contribution in [0, 0.1) is 6.92 Å². The van der Waals surface area contributed by atoms with Gasteiger partial charge in [0.2, 0.25) is 0 Å². The molecule has 0 bridgehead atoms. The molecule has 2 aromatic heterocycles. The lowest BCUT2D eigenvalue weighted by molar-refractivity contribution is -0.148. The van der Waals surface area contributed by atoms with Gasteiger partial charge < -0.3 is 24.3 Å². The number of nitrogens with zero attached hydrogens (tertiary/aromatic N) is 3. The van der Waals surface area contributed by atoms with Crippen LogP contribution in [0.3, 0.4) is 0 Å². The number of β-lactam (4-membered cyclic amide) rings is 1. The van der Waals surface area contributed by atoms with E-state index in [0.717, 1.165) is 9.35 Å². The molecule has 1 fully saturated rings. The SMILES string of the molecule is COc1ccc(OCc2ccc(C(=O)N[C@H]3C(=O)N4C(C(=O)O)=C(CSc5nnc(C)s5)CS[C@H]34)o2)cc1. The summed E-state index contributed by atoms with van der Waals surface area (Å²) in [4.78, 5) is 39.0. The Labute approximate surface area is 229 Å². The minimum absolute atomic E-state index is 0.0313. The molecule has 2 N–H and O–H groups in total. The van der Waals surface area contributed by atoms with Crippen molar-refractivity contribution in [2.75, 3.05) is 18.6 Å². The average molecular weight is 575 g/mol. The lowest BCUT2D eigenvalue weighted by Crippen LogP contribution is -2.70. The van der Waals surface area contributed by atoms with Crippen LogP contribution in [-0.2, 0) is 16.2 Å². The fourth-order valence-corrected chi connectivity index (χ4v) is 7.20. The summed E-state index contributed by atoms with van der Waals surface area (Å²) in [5, 5.41) is 20.8. The Balaban J connectivity index is 1.19. The second-order valence-corrected chi connectivity index (χ2v) is 11.7. The van der Waals surface area contributed by atoms with Gasteiger partial charge in [-0.05, 0) is 48.9 Å². The van der Waals surface area contributed by atoms with E-state index in [0.29, 0.717) is 34.3 Å². The van der Waals surface area contributed by atoms with Crippen molar-refractivity contribution in [3.63, 3.8) is 0 Å². The zero-order chi connectivity index (χ0) is 26.8. The van der Waals surface area contributed by atoms with Gasteiger partial charge in [0.05, 0.1) is 7.11 Å². The molecule has 4 heterocycles. The Morgan fingerprint density at radius 2 is 1.97 bits per heavy atom. The molecule has 1 saturated heterocycles. The highest BCUT2D eigenvalue weighted by Gasteiger charge is 2.54. The van der Waals surface area contributed by atoms with Crippen molar-refractivity contribution in [1.29, 1.82) is 0 Å². The molecular weight excluding hydrogens is 552 g/mol. The van der Waals surface area contributed by atoms with E-state index in [2.05, 4.69) is 15.5 Å². The van der Waals surface area contributed by atoms with Crippen molar-refractivity contribution in [1.82, 2.24) is 20.4 Å². The number of carboxylic acid groups (broad SMARTS) is 1. The first-order chi connectivity index (χ1) is 18.3. The Bertz CT molecular complexity index is 1400. The molecule has 0 saturated carbocycles. The van der Waals surface area contributed by atoms with Crippen LogP contribution < -0.4 is 14.8 Å². The smallest absolute Gasteiger partial charge is 0.352 e. The number of aliphatic carboxylic acids is 1. The Morgan fingerprint density at radius 1 is 1.21 bits per heavy atom. The number of methoxy groups -OCH3 is 1. The van der Waals surface area contributed by atoms with Crippen LogP contribution in [0.4, 0.5) is 0 Å². The summed E-state index contributed by atoms with van der Waals surface area (Å²) in [7, 11) is 1.58. The van der Waals surface area contributed by atoms with E-state index in [1.54, 1.807) is 37.4 Å². The Hall–Kier alpha value is -3.49. The molecule has 3 aromatic rings. The van der Waals surface area contributed by atoms with E-state index in [-0.39, 0.29) is 18.1 Å². The summed E-state index contributed by atoms with van der Waals surface area (Å²) < 4.78 is 17.1. The summed E-state index contributed by atoms with van der Waals surface area (Å²) >= 11 is 4.22. The molecule has 38 heavy (non-hydrogen) atoms. The second kappa shape index (κ2) is 11.1. The lowest BCUT2D eigenvalue weighted by atomic mass is 10.0. The third kappa shape index (κ3) is 5.37. The molecule has 2 aliphatic rings. The van der Waals surface area contributed by atoms with Gasteiger partial charge >= 0.3 is 5.97 Å². The maximum Gasteiger partial charge on any atom is 0.352 e. The first-order valence-electron chi connectivity index (χ1n) is 11.3. The van der Waals surface area contributed by atoms with Crippen molar-refractivity contribution in [3.8, 4) is 11.5 Å². The maximum atomic E-state index is 12.9. The molecule has 14 heteroatoms. The summed E-state index contributed by atoms with van der Waals surface area (Å²) in [5.74, 6) is 0.369. The van der Waals surface area contributed by atoms with Crippen molar-refractivity contribution in [2.24, 2.45) is 0 Å². The van der Waals surface area contributed by atoms with E-state index < -0.39 is 29.2 Å². The van der Waals surface area contributed by atoms with Crippen molar-refractivity contribution in [3.05, 3.63) is 64.2 Å². The van der Waals surface area contributed by atoms with Crippen LogP contribution in [0.25, 0.3) is 0 Å². The molecule has 2 atom stereocenters. The molecule has 5 rings (SSSR count). The van der Waals surface area contributed by atoms with Gasteiger partial charge in [-0.25, -0.2) is 4.79 Å². The summed E-state index contributed by atoms with van der Waals surface area (Å²) in [6, 6.07) is 9.32. The van der Waals surface area contributed by atoms with Gasteiger partial charge in [-0.15, -0.1) is 22.0 Å². The van der Waals surface area contributed by atoms with Gasteiger partial charge in [-0.2, -0.15) is 0 Å². The number of benzene rings is 1. The highest BCUT2D eigenvalue weighted by atomic mass is 32.2. The number of nitrogens with one attached hydrogen (secondary N) is 1. The lowest BCUT2D eigenvalue weighted by Gasteiger charge is -2.49. The molecule has 0 radical (unpaired) electrons. The largest absolute Gasteiger partial charge is 0.497 e. The van der Waals surface area contributed by atoms with Gasteiger partial charge in [0, 0.05) is 11.5 Å². The van der Waals surface area contributed by atoms with Crippen LogP contribution in [0.2, 0.25) is 0 Å². The zero-order valence-electron chi connectivity index (χ0n) is 20.2. The molecule has 0 spiro atoms. The van der Waals surface area contributed by atoms with Crippen molar-refractivity contribution >= 4 is 52.6 Å². The van der Waals surface area contributed by atoms with Gasteiger partial charge in [0.15, 0.2) is 10.1 Å². The van der Waals surface area contributed by atoms with Gasteiger partial charge in [0.25, 0.3) is 11.8 Å². The number of thioether (sulfide) groups is 2. The predicted octanol–water partition coefficient (Wildman–Crippen LogP) is 3.17. The Morgan fingerprint density at radius 3 is 2.66 bits per heavy atom. The number of carbonyl (C=O) groups excluding carboxylic acids is 2. The number of aromatic nitrogens is 2. The number of ether oxygens (including phenoxy) is 2. The average Bonchev–Trinajstić information content (AvgIpc) is 3.57. The van der Waals surface area contributed by atoms with E-state index >= 15 is 0 Å². The van der Waals surface area contributed by atoms with E-state index in [1.165, 1.54) is 45.8 Å². The van der Waals surface area contributed by atoms with Crippen molar-refractivity contribution in [2.45, 2.75) is 29.3 Å². The van der Waals surface area contributed by atoms with E-state index in [4.69, 9.17) is 13.9 Å². The number of furan rings is 1. The quantitative estimate of drug-likeness (QED) is 0.272. The number of amides is 2. The minimum atomic E-state index is -1.18. The summed E-state index contributed by atoms with van der Waals surface area (Å²) in [5.41, 5.74) is 0.594. The molecule has 11 nitrogen and oxygen atoms in total. The topological polar surface area (TPSA) is 144 Å². The molecule has 2 aliphatic heterocycles. The number of fused-ring (bicyclic) bond motifs is 1. The van der Waals surface area contributed by atoms with Crippen LogP contribution in [0.5, 0.6) is 11.5 Å². The van der Waals surface area contributed by atoms with E-state index in [9.17, 15) is 19.5 Å². The highest BCUT2D eigenvalue weighted by molar-refractivity contribution is 8.01. The third-order valence-electron chi connectivity index (χ3n) is 5.74. The number of carboxylic acids is 1. The monoisotopic (exact) mass is 574 g/mol. The van der Waals surface area contributed by atoms with Crippen molar-refractivity contribution < 1.29 is 33.4 Å². The third-order valence-corrected chi connectivity index (χ3v) is 9.14. The van der Waals surface area contributed by atoms with Gasteiger partial charge in [0.1, 0.15) is 46.0 Å². The van der Waals surface area contributed by atoms with Crippen LogP contribution >= 0.6 is 34.9 Å². The van der Waals surface area contributed by atoms with Crippen LogP contribution in [-0.4, -0.2) is 68.0 Å². The van der Waals surface area contributed by atoms with E-state index in [1.807, 2.05) is 6.92 Å². The van der Waals surface area contributed by atoms with Gasteiger partial charge in [-0.3, -0.25) is 14.5 Å². The van der Waals surface area contributed by atoms with Gasteiger partial charge in [-0.1, -0.05) is 23.1 Å². The first kappa shape index (κ1) is 26.1. The number of aryl methyl sites for hydroxylation is 1. The first-order valence-corrected chi connectivity index (χ1v) is 14.2. The molecule has 0 aliphatic carbocycles. The zero-order valence-corrected chi connectivity index (χ0v) is 22.7. The van der Waals surface area contributed by atoms with Crippen LogP contribution in [0.15, 0.2) is 56.4 Å². The number of hydrogen-bond acceptors (Lipinski definition) is 11. The minimum Gasteiger partial charge on any atom is -0.497 e. The summed E-state index contributed by atoms with van der Waals surface area (Å²) in [6.07, 6.45) is 0. The Kier molecular flexibility index (Phi) is 7.63. The fourth-order valence-electron chi connectivity index (χ4n) is 3.90. The number of carbonyl (C=O) groups is 3.